The Morgan fingerprint density at radius 1 is 0.317 bits per heavy atom. The molecule has 63 heavy (non-hydrogen) atoms. The zero-order chi connectivity index (χ0) is 45.8. The first kappa shape index (κ1) is 59.9. The van der Waals surface area contributed by atoms with Gasteiger partial charge in [0.2, 0.25) is 0 Å². The molecule has 6 heteroatoms. The number of unbranched alkanes of at least 4 members (excludes halogenated alkanes) is 24. The fraction of sp³-hybridized carbons (Fsp3) is 0.737. The lowest BCUT2D eigenvalue weighted by atomic mass is 10.1. The second kappa shape index (κ2) is 51.5. The van der Waals surface area contributed by atoms with Crippen molar-refractivity contribution in [2.75, 3.05) is 13.2 Å². The van der Waals surface area contributed by atoms with Gasteiger partial charge in [-0.15, -0.1) is 0 Å². The van der Waals surface area contributed by atoms with Crippen LogP contribution in [-0.2, 0) is 28.6 Å². The highest BCUT2D eigenvalue weighted by Crippen LogP contribution is 2.13. The lowest BCUT2D eigenvalue weighted by Crippen LogP contribution is -2.30. The average molecular weight is 879 g/mol. The standard InChI is InChI=1S/C57H98O6/c1-4-7-10-13-16-19-22-25-27-28-30-33-35-38-41-44-47-50-56(59)62-53-54(63-57(60)51-48-45-42-39-36-31-24-21-18-15-12-9-6-3)52-61-55(58)49-46-43-40-37-34-32-29-26-23-20-17-14-11-8-5-2/h16,19,21,24-27,29-30,33,38,41,54H,4-15,17-18,20,22-23,28,31-32,34-37,39-40,42-53H2,1-3H3/b19-16-,24-21-,27-25-,29-26-,33-30-,41-38-/t54-/m0/s1. The van der Waals surface area contributed by atoms with E-state index in [4.69, 9.17) is 14.2 Å². The van der Waals surface area contributed by atoms with Crippen LogP contribution in [0.25, 0.3) is 0 Å². The minimum absolute atomic E-state index is 0.0999. The van der Waals surface area contributed by atoms with E-state index in [0.717, 1.165) is 83.5 Å². The summed E-state index contributed by atoms with van der Waals surface area (Å²) in [6, 6.07) is 0. The molecular formula is C57H98O6. The summed E-state index contributed by atoms with van der Waals surface area (Å²) in [7, 11) is 0. The van der Waals surface area contributed by atoms with E-state index < -0.39 is 6.10 Å². The molecule has 0 amide bonds. The Morgan fingerprint density at radius 3 is 1.02 bits per heavy atom. The van der Waals surface area contributed by atoms with Crippen LogP contribution >= 0.6 is 0 Å². The van der Waals surface area contributed by atoms with Crippen LogP contribution in [0.15, 0.2) is 72.9 Å². The first-order valence-electron chi connectivity index (χ1n) is 26.4. The molecule has 0 aromatic rings. The Bertz CT molecular complexity index is 1190. The normalized spacial score (nSPS) is 12.6. The largest absolute Gasteiger partial charge is 0.462 e. The van der Waals surface area contributed by atoms with Crippen molar-refractivity contribution in [3.05, 3.63) is 72.9 Å². The number of esters is 3. The summed E-state index contributed by atoms with van der Waals surface area (Å²) in [4.78, 5) is 38.0. The minimum atomic E-state index is -0.804. The predicted molar refractivity (Wildman–Crippen MR) is 270 cm³/mol. The first-order chi connectivity index (χ1) is 31.0. The van der Waals surface area contributed by atoms with Crippen LogP contribution in [0.4, 0.5) is 0 Å². The second-order valence-electron chi connectivity index (χ2n) is 17.4. The van der Waals surface area contributed by atoms with Gasteiger partial charge in [-0.05, 0) is 109 Å². The van der Waals surface area contributed by atoms with Gasteiger partial charge in [0, 0.05) is 19.3 Å². The second-order valence-corrected chi connectivity index (χ2v) is 17.4. The van der Waals surface area contributed by atoms with Crippen molar-refractivity contribution in [1.82, 2.24) is 0 Å². The van der Waals surface area contributed by atoms with Gasteiger partial charge in [-0.2, -0.15) is 0 Å². The van der Waals surface area contributed by atoms with Crippen molar-refractivity contribution >= 4 is 17.9 Å². The van der Waals surface area contributed by atoms with E-state index in [-0.39, 0.29) is 37.5 Å². The molecule has 0 N–H and O–H groups in total. The molecular weight excluding hydrogens is 781 g/mol. The third-order valence-corrected chi connectivity index (χ3v) is 11.2. The maximum Gasteiger partial charge on any atom is 0.306 e. The fourth-order valence-electron chi connectivity index (χ4n) is 7.13. The van der Waals surface area contributed by atoms with Crippen molar-refractivity contribution < 1.29 is 28.6 Å². The zero-order valence-electron chi connectivity index (χ0n) is 41.3. The molecule has 0 rings (SSSR count). The highest BCUT2D eigenvalue weighted by atomic mass is 16.6. The van der Waals surface area contributed by atoms with Gasteiger partial charge in [0.25, 0.3) is 0 Å². The molecule has 0 aliphatic carbocycles. The molecule has 0 aromatic heterocycles. The minimum Gasteiger partial charge on any atom is -0.462 e. The Balaban J connectivity index is 4.48. The summed E-state index contributed by atoms with van der Waals surface area (Å²) in [5.41, 5.74) is 0. The molecule has 0 radical (unpaired) electrons. The molecule has 0 spiro atoms. The van der Waals surface area contributed by atoms with Crippen LogP contribution in [-0.4, -0.2) is 37.2 Å². The number of carbonyl (C=O) groups excluding carboxylic acids is 3. The van der Waals surface area contributed by atoms with E-state index in [1.54, 1.807) is 0 Å². The molecule has 0 saturated heterocycles. The fourth-order valence-corrected chi connectivity index (χ4v) is 7.13. The van der Waals surface area contributed by atoms with Gasteiger partial charge in [0.05, 0.1) is 0 Å². The Morgan fingerprint density at radius 2 is 0.587 bits per heavy atom. The maximum atomic E-state index is 12.8. The van der Waals surface area contributed by atoms with E-state index in [0.29, 0.717) is 19.3 Å². The van der Waals surface area contributed by atoms with Crippen LogP contribution < -0.4 is 0 Å². The number of rotatable bonds is 47. The Kier molecular flexibility index (Phi) is 48.9. The van der Waals surface area contributed by atoms with Crippen molar-refractivity contribution in [2.24, 2.45) is 0 Å². The van der Waals surface area contributed by atoms with Gasteiger partial charge >= 0.3 is 17.9 Å². The molecule has 0 unspecified atom stereocenters. The van der Waals surface area contributed by atoms with Crippen LogP contribution in [0.2, 0.25) is 0 Å². The summed E-state index contributed by atoms with van der Waals surface area (Å²) < 4.78 is 16.7. The Hall–Kier alpha value is -3.15. The van der Waals surface area contributed by atoms with Crippen LogP contribution in [0.3, 0.4) is 0 Å². The first-order valence-corrected chi connectivity index (χ1v) is 26.4. The van der Waals surface area contributed by atoms with Crippen LogP contribution in [0, 0.1) is 0 Å². The maximum absolute atomic E-state index is 12.8. The summed E-state index contributed by atoms with van der Waals surface area (Å²) >= 11 is 0. The Labute approximate surface area is 389 Å². The van der Waals surface area contributed by atoms with Crippen molar-refractivity contribution in [1.29, 1.82) is 0 Å². The van der Waals surface area contributed by atoms with Gasteiger partial charge < -0.3 is 14.2 Å². The topological polar surface area (TPSA) is 78.9 Å². The third kappa shape index (κ3) is 49.7. The number of allylic oxidation sites excluding steroid dienone is 12. The van der Waals surface area contributed by atoms with Crippen LogP contribution in [0.5, 0.6) is 0 Å². The predicted octanol–water partition coefficient (Wildman–Crippen LogP) is 17.4. The number of ether oxygens (including phenoxy) is 3. The molecule has 0 bridgehead atoms. The van der Waals surface area contributed by atoms with Crippen molar-refractivity contribution in [2.45, 2.75) is 258 Å². The van der Waals surface area contributed by atoms with E-state index in [1.807, 2.05) is 0 Å². The van der Waals surface area contributed by atoms with Gasteiger partial charge in [-0.3, -0.25) is 14.4 Å². The molecule has 0 aliphatic heterocycles. The highest BCUT2D eigenvalue weighted by Gasteiger charge is 2.19. The lowest BCUT2D eigenvalue weighted by Gasteiger charge is -2.18. The highest BCUT2D eigenvalue weighted by molar-refractivity contribution is 5.71. The van der Waals surface area contributed by atoms with Crippen LogP contribution in [0.1, 0.15) is 252 Å². The summed E-state index contributed by atoms with van der Waals surface area (Å²) in [6.45, 7) is 6.53. The van der Waals surface area contributed by atoms with Crippen molar-refractivity contribution in [3.8, 4) is 0 Å². The molecule has 0 saturated carbocycles. The number of hydrogen-bond acceptors (Lipinski definition) is 6. The number of hydrogen-bond donors (Lipinski definition) is 0. The molecule has 0 aliphatic rings. The molecule has 362 valence electrons. The molecule has 0 fully saturated rings. The average Bonchev–Trinajstić information content (AvgIpc) is 3.28. The quantitative estimate of drug-likeness (QED) is 0.0262. The number of carbonyl (C=O) groups is 3. The monoisotopic (exact) mass is 879 g/mol. The van der Waals surface area contributed by atoms with Crippen molar-refractivity contribution in [3.63, 3.8) is 0 Å². The van der Waals surface area contributed by atoms with E-state index in [1.165, 1.54) is 122 Å². The summed E-state index contributed by atoms with van der Waals surface area (Å²) in [5, 5.41) is 0. The summed E-state index contributed by atoms with van der Waals surface area (Å²) in [6.07, 6.45) is 64.6. The van der Waals surface area contributed by atoms with Gasteiger partial charge in [-0.25, -0.2) is 0 Å². The SMILES string of the molecule is CCCCC/C=C\C/C=C\C/C=C\C/C=C\CCCC(=O)OC[C@H](COC(=O)CCCCCCC/C=C\CCCCCCCC)OC(=O)CCCCCCC/C=C\CCCCCC. The zero-order valence-corrected chi connectivity index (χ0v) is 41.3. The molecule has 0 heterocycles. The van der Waals surface area contributed by atoms with Gasteiger partial charge in [0.1, 0.15) is 13.2 Å². The third-order valence-electron chi connectivity index (χ3n) is 11.2. The molecule has 0 aromatic carbocycles. The smallest absolute Gasteiger partial charge is 0.306 e. The molecule has 6 nitrogen and oxygen atoms in total. The summed E-state index contributed by atoms with van der Waals surface area (Å²) in [5.74, 6) is -0.973. The van der Waals surface area contributed by atoms with E-state index in [9.17, 15) is 14.4 Å². The van der Waals surface area contributed by atoms with E-state index in [2.05, 4.69) is 93.7 Å². The van der Waals surface area contributed by atoms with E-state index >= 15 is 0 Å². The molecule has 1 atom stereocenters. The van der Waals surface area contributed by atoms with Gasteiger partial charge in [0.15, 0.2) is 6.10 Å². The lowest BCUT2D eigenvalue weighted by molar-refractivity contribution is -0.167. The van der Waals surface area contributed by atoms with Gasteiger partial charge in [-0.1, -0.05) is 196 Å².